The van der Waals surface area contributed by atoms with E-state index in [2.05, 4.69) is 83.6 Å². The van der Waals surface area contributed by atoms with E-state index in [1.807, 2.05) is 48.5 Å². The normalized spacial score (nSPS) is 10.9. The van der Waals surface area contributed by atoms with Gasteiger partial charge in [0.25, 0.3) is 5.01 Å². The van der Waals surface area contributed by atoms with Gasteiger partial charge in [0.2, 0.25) is 16.0 Å². The zero-order valence-corrected chi connectivity index (χ0v) is 23.8. The molecular formula is C35H24BeN2OS2+2. The van der Waals surface area contributed by atoms with Crippen molar-refractivity contribution in [3.8, 4) is 26.9 Å². The number of rotatable bonds is 2. The summed E-state index contributed by atoms with van der Waals surface area (Å²) in [4.78, 5) is 6.83. The Balaban J connectivity index is 0.000000144. The molecule has 0 unspecified atom stereocenters. The molecule has 2 heterocycles. The summed E-state index contributed by atoms with van der Waals surface area (Å²) in [6, 6.07) is 40.9. The van der Waals surface area contributed by atoms with Crippen LogP contribution in [-0.2, 0) is 0 Å². The number of H-pyrrole nitrogens is 2. The van der Waals surface area contributed by atoms with E-state index >= 15 is 0 Å². The van der Waals surface area contributed by atoms with Crippen molar-refractivity contribution in [1.29, 1.82) is 0 Å². The van der Waals surface area contributed by atoms with Gasteiger partial charge in [-0.25, -0.2) is 4.98 Å². The molecule has 3 nitrogen and oxygen atoms in total. The summed E-state index contributed by atoms with van der Waals surface area (Å²) in [5, 5.41) is 19.0. The second-order valence-electron chi connectivity index (χ2n) is 9.66. The molecule has 6 heteroatoms. The minimum Gasteiger partial charge on any atom is -0.872 e. The van der Waals surface area contributed by atoms with Crippen LogP contribution in [0.15, 0.2) is 121 Å². The molecule has 0 saturated heterocycles. The van der Waals surface area contributed by atoms with Crippen LogP contribution in [0, 0.1) is 6.92 Å². The first-order valence-corrected chi connectivity index (χ1v) is 14.6. The van der Waals surface area contributed by atoms with Crippen molar-refractivity contribution in [2.45, 2.75) is 0 Å². The van der Waals surface area contributed by atoms with Gasteiger partial charge in [-0.2, -0.15) is 23.5 Å². The van der Waals surface area contributed by atoms with Crippen molar-refractivity contribution < 1.29 is 15.1 Å². The maximum absolute atomic E-state index is 12.3. The molecule has 8 rings (SSSR count). The van der Waals surface area contributed by atoms with Crippen molar-refractivity contribution in [1.82, 2.24) is 0 Å². The monoisotopic (exact) mass is 561 g/mol. The smallest absolute Gasteiger partial charge is 0.872 e. The Morgan fingerprint density at radius 3 is 1.46 bits per heavy atom. The molecule has 0 bridgehead atoms. The van der Waals surface area contributed by atoms with Crippen LogP contribution in [0.2, 0.25) is 0 Å². The van der Waals surface area contributed by atoms with E-state index in [1.54, 1.807) is 28.7 Å². The summed E-state index contributed by atoms with van der Waals surface area (Å²) in [6.45, 7) is 4.20. The molecule has 0 aliphatic rings. The van der Waals surface area contributed by atoms with E-state index in [0.29, 0.717) is 0 Å². The average molecular weight is 562 g/mol. The standard InChI is InChI=1S/C18H12NS.C17H11NOS.Be/c1-12-10-13-6-2-3-7-14(13)11-15(12)18-19-16-8-4-5-9-17(16)20-18;19-15-10-12-6-2-1-5-11(12)9-13(15)17-18-14-7-3-4-8-16(14)20-17;/h2-11H,1H2;1-10,19H;/q-1;;+2/p+1. The maximum Gasteiger partial charge on any atom is 2.00 e. The van der Waals surface area contributed by atoms with Crippen LogP contribution >= 0.6 is 22.7 Å². The van der Waals surface area contributed by atoms with Crippen LogP contribution < -0.4 is 15.1 Å². The zero-order valence-electron chi connectivity index (χ0n) is 22.2. The van der Waals surface area contributed by atoms with Crippen molar-refractivity contribution in [3.05, 3.63) is 134 Å². The van der Waals surface area contributed by atoms with Crippen LogP contribution in [0.1, 0.15) is 5.56 Å². The third-order valence-corrected chi connectivity index (χ3v) is 9.21. The summed E-state index contributed by atoms with van der Waals surface area (Å²) in [5.41, 5.74) is 5.24. The number of hydrogen-bond donors (Lipinski definition) is 0. The van der Waals surface area contributed by atoms with Gasteiger partial charge >= 0.3 is 10.1 Å². The Morgan fingerprint density at radius 1 is 0.512 bits per heavy atom. The van der Waals surface area contributed by atoms with Gasteiger partial charge in [-0.05, 0) is 39.9 Å². The summed E-state index contributed by atoms with van der Waals surface area (Å²) >= 11 is 3.40. The molecule has 8 aromatic rings. The number of para-hydroxylation sites is 2. The largest absolute Gasteiger partial charge is 2.00 e. The fourth-order valence-electron chi connectivity index (χ4n) is 4.97. The third kappa shape index (κ3) is 5.19. The Morgan fingerprint density at radius 2 is 0.927 bits per heavy atom. The van der Waals surface area contributed by atoms with E-state index < -0.39 is 0 Å². The molecule has 0 amide bonds. The van der Waals surface area contributed by atoms with Crippen LogP contribution in [0.5, 0.6) is 5.75 Å². The van der Waals surface area contributed by atoms with Gasteiger partial charge in [0.05, 0.1) is 5.56 Å². The molecule has 0 aliphatic carbocycles. The number of nitrogens with one attached hydrogen (secondary N) is 2. The quantitative estimate of drug-likeness (QED) is 0.156. The van der Waals surface area contributed by atoms with Crippen molar-refractivity contribution >= 4 is 74.8 Å². The number of hydrogen-bond acceptors (Lipinski definition) is 3. The Bertz CT molecular complexity index is 1940. The molecule has 0 aliphatic heterocycles. The Labute approximate surface area is 249 Å². The van der Waals surface area contributed by atoms with Crippen LogP contribution in [0.3, 0.4) is 0 Å². The summed E-state index contributed by atoms with van der Waals surface area (Å²) in [5.74, 6) is 0.0616. The van der Waals surface area contributed by atoms with Crippen molar-refractivity contribution in [2.24, 2.45) is 0 Å². The predicted molar refractivity (Wildman–Crippen MR) is 172 cm³/mol. The molecular weight excluding hydrogens is 538 g/mol. The van der Waals surface area contributed by atoms with Gasteiger partial charge in [-0.3, -0.25) is 0 Å². The molecule has 0 atom stereocenters. The second kappa shape index (κ2) is 11.1. The zero-order chi connectivity index (χ0) is 27.1. The Kier molecular flexibility index (Phi) is 7.25. The van der Waals surface area contributed by atoms with E-state index in [0.717, 1.165) is 37.1 Å². The fourth-order valence-corrected chi connectivity index (χ4v) is 7.06. The van der Waals surface area contributed by atoms with Gasteiger partial charge in [0.15, 0.2) is 0 Å². The summed E-state index contributed by atoms with van der Waals surface area (Å²) in [6.07, 6.45) is 0. The first-order chi connectivity index (χ1) is 19.6. The minimum atomic E-state index is 0. The molecule has 41 heavy (non-hydrogen) atoms. The van der Waals surface area contributed by atoms with Crippen molar-refractivity contribution in [3.63, 3.8) is 0 Å². The van der Waals surface area contributed by atoms with Gasteiger partial charge in [-0.1, -0.05) is 119 Å². The number of aromatic nitrogens is 2. The number of thiazole rings is 2. The van der Waals surface area contributed by atoms with E-state index in [9.17, 15) is 5.11 Å². The minimum absolute atomic E-state index is 0. The van der Waals surface area contributed by atoms with Crippen molar-refractivity contribution in [2.75, 3.05) is 0 Å². The summed E-state index contributed by atoms with van der Waals surface area (Å²) < 4.78 is 2.44. The van der Waals surface area contributed by atoms with Gasteiger partial charge in [-0.15, -0.1) is 0 Å². The number of aromatic amines is 2. The van der Waals surface area contributed by atoms with Gasteiger partial charge in [0, 0.05) is 12.1 Å². The fraction of sp³-hybridized carbons (Fsp3) is 0. The Hall–Kier alpha value is -4.54. The van der Waals surface area contributed by atoms with E-state index in [1.165, 1.54) is 31.6 Å². The predicted octanol–water partition coefficient (Wildman–Crippen LogP) is 7.95. The molecule has 6 aromatic carbocycles. The molecule has 0 fully saturated rings. The van der Waals surface area contributed by atoms with E-state index in [-0.39, 0.29) is 15.9 Å². The molecule has 2 aromatic heterocycles. The second-order valence-corrected chi connectivity index (χ2v) is 11.8. The van der Waals surface area contributed by atoms with Crippen LogP contribution in [0.25, 0.3) is 63.1 Å². The third-order valence-electron chi connectivity index (χ3n) is 7.00. The molecule has 0 saturated carbocycles. The SMILES string of the molecule is [Be+2].[CH2-]c1cc2ccccc2cc1-c1[nH+]c2ccccc2s1.[O-]c1cc2ccccc2cc1-c1[nH+]c2ccccc2s1. The van der Waals surface area contributed by atoms with Crippen LogP contribution in [0.4, 0.5) is 0 Å². The first-order valence-electron chi connectivity index (χ1n) is 13.0. The van der Waals surface area contributed by atoms with Crippen LogP contribution in [-0.4, -0.2) is 10.1 Å². The summed E-state index contributed by atoms with van der Waals surface area (Å²) in [7, 11) is 0. The topological polar surface area (TPSA) is 51.3 Å². The molecule has 2 N–H and O–H groups in total. The van der Waals surface area contributed by atoms with Gasteiger partial charge < -0.3 is 5.11 Å². The maximum atomic E-state index is 12.3. The molecule has 192 valence electrons. The molecule has 0 spiro atoms. The van der Waals surface area contributed by atoms with Gasteiger partial charge in [0.1, 0.15) is 9.40 Å². The van der Waals surface area contributed by atoms with E-state index in [4.69, 9.17) is 0 Å². The number of fused-ring (bicyclic) bond motifs is 4. The first kappa shape index (κ1) is 26.7. The molecule has 0 radical (unpaired) electrons. The number of benzene rings is 6. The average Bonchev–Trinajstić information content (AvgIpc) is 3.61.